The van der Waals surface area contributed by atoms with Crippen molar-refractivity contribution in [3.8, 4) is 0 Å². The Morgan fingerprint density at radius 2 is 2.00 bits per heavy atom. The SMILES string of the molecule is CCCCn1c(N)c(N(CC)Cc2cc(=O)n3ccccc3n2)c(=O)[nH]c1=O. The Kier molecular flexibility index (Phi) is 5.62. The van der Waals surface area contributed by atoms with Crippen LogP contribution in [-0.4, -0.2) is 25.5 Å². The lowest BCUT2D eigenvalue weighted by Crippen LogP contribution is -2.38. The van der Waals surface area contributed by atoms with Crippen LogP contribution >= 0.6 is 0 Å². The van der Waals surface area contributed by atoms with Crippen molar-refractivity contribution in [3.05, 3.63) is 67.3 Å². The van der Waals surface area contributed by atoms with Gasteiger partial charge in [0.1, 0.15) is 17.2 Å². The Labute approximate surface area is 161 Å². The Morgan fingerprint density at radius 3 is 2.71 bits per heavy atom. The van der Waals surface area contributed by atoms with Crippen molar-refractivity contribution >= 4 is 17.2 Å². The van der Waals surface area contributed by atoms with E-state index in [1.54, 1.807) is 29.3 Å². The quantitative estimate of drug-likeness (QED) is 0.626. The van der Waals surface area contributed by atoms with Gasteiger partial charge in [0.25, 0.3) is 11.1 Å². The largest absolute Gasteiger partial charge is 0.383 e. The third-order valence-electron chi connectivity index (χ3n) is 4.62. The highest BCUT2D eigenvalue weighted by Gasteiger charge is 2.19. The molecule has 9 heteroatoms. The van der Waals surface area contributed by atoms with E-state index in [1.165, 1.54) is 15.0 Å². The number of hydrogen-bond donors (Lipinski definition) is 2. The van der Waals surface area contributed by atoms with Gasteiger partial charge in [-0.25, -0.2) is 9.78 Å². The van der Waals surface area contributed by atoms with Crippen LogP contribution in [-0.2, 0) is 13.1 Å². The van der Waals surface area contributed by atoms with Gasteiger partial charge in [-0.2, -0.15) is 0 Å². The van der Waals surface area contributed by atoms with Crippen LogP contribution in [0.1, 0.15) is 32.4 Å². The molecular formula is C19H24N6O3. The molecule has 3 rings (SSSR count). The highest BCUT2D eigenvalue weighted by Crippen LogP contribution is 2.18. The predicted octanol–water partition coefficient (Wildman–Crippen LogP) is 0.953. The lowest BCUT2D eigenvalue weighted by Gasteiger charge is -2.24. The van der Waals surface area contributed by atoms with E-state index in [4.69, 9.17) is 5.73 Å². The standard InChI is InChI=1S/C19H24N6O3/c1-3-5-9-25-17(20)16(18(27)22-19(25)28)23(4-2)12-13-11-15(26)24-10-7-6-8-14(24)21-13/h6-8,10-11H,3-5,9,12,20H2,1-2H3,(H,22,27,28). The first-order valence-corrected chi connectivity index (χ1v) is 9.31. The van der Waals surface area contributed by atoms with Crippen LogP contribution in [0.15, 0.2) is 44.8 Å². The van der Waals surface area contributed by atoms with Crippen molar-refractivity contribution in [1.29, 1.82) is 0 Å². The van der Waals surface area contributed by atoms with E-state index in [0.717, 1.165) is 12.8 Å². The van der Waals surface area contributed by atoms with Crippen molar-refractivity contribution in [2.24, 2.45) is 0 Å². The molecule has 3 N–H and O–H groups in total. The number of aromatic amines is 1. The second-order valence-corrected chi connectivity index (χ2v) is 6.53. The number of rotatable bonds is 7. The summed E-state index contributed by atoms with van der Waals surface area (Å²) in [6.07, 6.45) is 3.31. The van der Waals surface area contributed by atoms with E-state index in [2.05, 4.69) is 9.97 Å². The third-order valence-corrected chi connectivity index (χ3v) is 4.62. The lowest BCUT2D eigenvalue weighted by atomic mass is 10.3. The van der Waals surface area contributed by atoms with Gasteiger partial charge >= 0.3 is 5.69 Å². The molecule has 0 aromatic carbocycles. The summed E-state index contributed by atoms with van der Waals surface area (Å²) >= 11 is 0. The molecule has 0 atom stereocenters. The molecule has 0 aliphatic heterocycles. The Hall–Kier alpha value is -3.36. The normalized spacial score (nSPS) is 11.1. The molecule has 3 aromatic rings. The van der Waals surface area contributed by atoms with Crippen molar-refractivity contribution in [1.82, 2.24) is 18.9 Å². The van der Waals surface area contributed by atoms with Crippen molar-refractivity contribution in [2.45, 2.75) is 39.8 Å². The van der Waals surface area contributed by atoms with Crippen LogP contribution < -0.4 is 27.4 Å². The number of anilines is 2. The smallest absolute Gasteiger partial charge is 0.330 e. The summed E-state index contributed by atoms with van der Waals surface area (Å²) in [5.74, 6) is 0.126. The molecule has 3 heterocycles. The number of hydrogen-bond acceptors (Lipinski definition) is 6. The van der Waals surface area contributed by atoms with E-state index in [0.29, 0.717) is 24.4 Å². The minimum atomic E-state index is -0.547. The topological polar surface area (TPSA) is 118 Å². The van der Waals surface area contributed by atoms with Crippen LogP contribution in [0.25, 0.3) is 5.65 Å². The molecule has 0 aliphatic carbocycles. The molecule has 148 valence electrons. The molecule has 9 nitrogen and oxygen atoms in total. The summed E-state index contributed by atoms with van der Waals surface area (Å²) in [6, 6.07) is 6.74. The monoisotopic (exact) mass is 384 g/mol. The maximum absolute atomic E-state index is 12.5. The second-order valence-electron chi connectivity index (χ2n) is 6.53. The lowest BCUT2D eigenvalue weighted by molar-refractivity contribution is 0.602. The Morgan fingerprint density at radius 1 is 1.21 bits per heavy atom. The molecule has 28 heavy (non-hydrogen) atoms. The molecule has 0 bridgehead atoms. The predicted molar refractivity (Wildman–Crippen MR) is 109 cm³/mol. The summed E-state index contributed by atoms with van der Waals surface area (Å²) < 4.78 is 2.83. The van der Waals surface area contributed by atoms with Crippen molar-refractivity contribution in [3.63, 3.8) is 0 Å². The van der Waals surface area contributed by atoms with Crippen LogP contribution in [0.2, 0.25) is 0 Å². The van der Waals surface area contributed by atoms with Crippen molar-refractivity contribution < 1.29 is 0 Å². The number of aromatic nitrogens is 4. The van der Waals surface area contributed by atoms with Gasteiger partial charge in [0.2, 0.25) is 0 Å². The first-order valence-electron chi connectivity index (χ1n) is 9.31. The second kappa shape index (κ2) is 8.12. The van der Waals surface area contributed by atoms with Crippen LogP contribution in [0.3, 0.4) is 0 Å². The van der Waals surface area contributed by atoms with E-state index in [1.807, 2.05) is 13.8 Å². The zero-order chi connectivity index (χ0) is 20.3. The number of nitrogen functional groups attached to an aromatic ring is 1. The van der Waals surface area contributed by atoms with Gasteiger partial charge in [-0.15, -0.1) is 0 Å². The number of fused-ring (bicyclic) bond motifs is 1. The summed E-state index contributed by atoms with van der Waals surface area (Å²) in [5, 5.41) is 0. The zero-order valence-corrected chi connectivity index (χ0v) is 16.0. The van der Waals surface area contributed by atoms with Gasteiger partial charge in [-0.3, -0.25) is 23.5 Å². The molecule has 0 unspecified atom stereocenters. The number of nitrogens with zero attached hydrogens (tertiary/aromatic N) is 4. The van der Waals surface area contributed by atoms with Crippen molar-refractivity contribution in [2.75, 3.05) is 17.2 Å². The fourth-order valence-electron chi connectivity index (χ4n) is 3.15. The van der Waals surface area contributed by atoms with Gasteiger partial charge in [0, 0.05) is 25.4 Å². The molecule has 0 fully saturated rings. The first-order chi connectivity index (χ1) is 13.5. The highest BCUT2D eigenvalue weighted by molar-refractivity contribution is 5.62. The van der Waals surface area contributed by atoms with E-state index in [-0.39, 0.29) is 23.6 Å². The van der Waals surface area contributed by atoms with Gasteiger partial charge in [0.15, 0.2) is 0 Å². The Balaban J connectivity index is 2.04. The summed E-state index contributed by atoms with van der Waals surface area (Å²) in [6.45, 7) is 4.98. The van der Waals surface area contributed by atoms with Gasteiger partial charge in [-0.05, 0) is 25.5 Å². The average Bonchev–Trinajstić information content (AvgIpc) is 2.67. The minimum absolute atomic E-state index is 0.126. The number of nitrogens with one attached hydrogen (secondary N) is 1. The summed E-state index contributed by atoms with van der Waals surface area (Å²) in [4.78, 5) is 45.5. The number of pyridine rings is 1. The van der Waals surface area contributed by atoms with E-state index >= 15 is 0 Å². The van der Waals surface area contributed by atoms with Crippen LogP contribution in [0.5, 0.6) is 0 Å². The molecule has 0 radical (unpaired) electrons. The molecule has 0 saturated heterocycles. The average molecular weight is 384 g/mol. The number of H-pyrrole nitrogens is 1. The zero-order valence-electron chi connectivity index (χ0n) is 16.0. The fraction of sp³-hybridized carbons (Fsp3) is 0.368. The molecular weight excluding hydrogens is 360 g/mol. The first kappa shape index (κ1) is 19.4. The fourth-order valence-corrected chi connectivity index (χ4v) is 3.15. The van der Waals surface area contributed by atoms with Gasteiger partial charge in [-0.1, -0.05) is 19.4 Å². The molecule has 3 aromatic heterocycles. The molecule has 0 aliphatic rings. The van der Waals surface area contributed by atoms with Gasteiger partial charge in [0.05, 0.1) is 12.2 Å². The van der Waals surface area contributed by atoms with Crippen LogP contribution in [0, 0.1) is 0 Å². The number of unbranched alkanes of at least 4 members (excludes halogenated alkanes) is 1. The van der Waals surface area contributed by atoms with E-state index in [9.17, 15) is 14.4 Å². The summed E-state index contributed by atoms with van der Waals surface area (Å²) in [5.41, 5.74) is 6.18. The highest BCUT2D eigenvalue weighted by atomic mass is 16.2. The molecule has 0 saturated carbocycles. The van der Waals surface area contributed by atoms with Crippen LogP contribution in [0.4, 0.5) is 11.5 Å². The number of nitrogens with two attached hydrogens (primary N) is 1. The van der Waals surface area contributed by atoms with Gasteiger partial charge < -0.3 is 10.6 Å². The maximum atomic E-state index is 12.5. The Bertz CT molecular complexity index is 1160. The van der Waals surface area contributed by atoms with E-state index < -0.39 is 11.2 Å². The minimum Gasteiger partial charge on any atom is -0.383 e. The maximum Gasteiger partial charge on any atom is 0.330 e. The third kappa shape index (κ3) is 3.68. The molecule has 0 spiro atoms. The molecule has 0 amide bonds. The summed E-state index contributed by atoms with van der Waals surface area (Å²) in [7, 11) is 0.